The lowest BCUT2D eigenvalue weighted by atomic mass is 10.0. The average molecular weight is 361 g/mol. The Morgan fingerprint density at radius 3 is 2.58 bits per heavy atom. The van der Waals surface area contributed by atoms with E-state index in [1.165, 1.54) is 16.7 Å². The van der Waals surface area contributed by atoms with Gasteiger partial charge in [0.15, 0.2) is 0 Å². The van der Waals surface area contributed by atoms with Gasteiger partial charge in [0, 0.05) is 25.7 Å². The van der Waals surface area contributed by atoms with E-state index in [1.807, 2.05) is 11.9 Å². The number of hydrogen-bond acceptors (Lipinski definition) is 4. The summed E-state index contributed by atoms with van der Waals surface area (Å²) in [6.07, 6.45) is 1.28. The maximum Gasteiger partial charge on any atom is 0.409 e. The van der Waals surface area contributed by atoms with Crippen molar-refractivity contribution in [3.8, 4) is 0 Å². The Morgan fingerprint density at radius 1 is 1.27 bits per heavy atom. The fraction of sp³-hybridized carbons (Fsp3) is 0.600. The van der Waals surface area contributed by atoms with Crippen molar-refractivity contribution in [2.75, 3.05) is 33.3 Å². The third kappa shape index (κ3) is 6.02. The molecular formula is C20H31N3O3. The number of nitrogens with zero attached hydrogens (tertiary/aromatic N) is 2. The van der Waals surface area contributed by atoms with Crippen LogP contribution in [0, 0.1) is 13.8 Å². The molecule has 2 amide bonds. The Labute approximate surface area is 156 Å². The van der Waals surface area contributed by atoms with Gasteiger partial charge in [-0.2, -0.15) is 0 Å². The SMILES string of the molecule is CCOC(=O)N1CCC(NC(=O)CN(C)Cc2ccc(C)cc2C)CC1. The lowest BCUT2D eigenvalue weighted by molar-refractivity contribution is -0.123. The summed E-state index contributed by atoms with van der Waals surface area (Å²) < 4.78 is 5.02. The molecule has 0 radical (unpaired) electrons. The van der Waals surface area contributed by atoms with E-state index in [4.69, 9.17) is 4.74 Å². The molecule has 2 rings (SSSR count). The molecule has 1 N–H and O–H groups in total. The van der Waals surface area contributed by atoms with Gasteiger partial charge in [-0.05, 0) is 51.8 Å². The van der Waals surface area contributed by atoms with E-state index in [-0.39, 0.29) is 18.0 Å². The van der Waals surface area contributed by atoms with Gasteiger partial charge < -0.3 is 15.0 Å². The second-order valence-corrected chi connectivity index (χ2v) is 7.13. The van der Waals surface area contributed by atoms with Crippen molar-refractivity contribution in [3.63, 3.8) is 0 Å². The van der Waals surface area contributed by atoms with Gasteiger partial charge in [0.25, 0.3) is 0 Å². The second-order valence-electron chi connectivity index (χ2n) is 7.13. The van der Waals surface area contributed by atoms with Gasteiger partial charge in [-0.25, -0.2) is 4.79 Å². The fourth-order valence-corrected chi connectivity index (χ4v) is 3.31. The molecule has 144 valence electrons. The Kier molecular flexibility index (Phi) is 7.45. The Balaban J connectivity index is 1.74. The Morgan fingerprint density at radius 2 is 1.96 bits per heavy atom. The van der Waals surface area contributed by atoms with Crippen molar-refractivity contribution in [1.29, 1.82) is 0 Å². The summed E-state index contributed by atoms with van der Waals surface area (Å²) in [5.74, 6) is 0.0341. The van der Waals surface area contributed by atoms with Crippen LogP contribution in [-0.4, -0.2) is 61.1 Å². The summed E-state index contributed by atoms with van der Waals surface area (Å²) >= 11 is 0. The van der Waals surface area contributed by atoms with Gasteiger partial charge in [-0.3, -0.25) is 9.69 Å². The van der Waals surface area contributed by atoms with Crippen LogP contribution in [0.2, 0.25) is 0 Å². The fourth-order valence-electron chi connectivity index (χ4n) is 3.31. The summed E-state index contributed by atoms with van der Waals surface area (Å²) in [6.45, 7) is 8.76. The van der Waals surface area contributed by atoms with E-state index in [0.29, 0.717) is 26.2 Å². The van der Waals surface area contributed by atoms with E-state index in [2.05, 4.69) is 37.4 Å². The maximum atomic E-state index is 12.3. The number of carbonyl (C=O) groups excluding carboxylic acids is 2. The summed E-state index contributed by atoms with van der Waals surface area (Å²) in [6, 6.07) is 6.53. The van der Waals surface area contributed by atoms with Crippen LogP contribution < -0.4 is 5.32 Å². The van der Waals surface area contributed by atoms with Crippen LogP contribution in [0.4, 0.5) is 4.79 Å². The molecule has 1 heterocycles. The van der Waals surface area contributed by atoms with Crippen molar-refractivity contribution in [1.82, 2.24) is 15.1 Å². The molecule has 0 spiro atoms. The molecule has 0 saturated carbocycles. The highest BCUT2D eigenvalue weighted by molar-refractivity contribution is 5.78. The zero-order chi connectivity index (χ0) is 19.1. The molecule has 0 atom stereocenters. The lowest BCUT2D eigenvalue weighted by Gasteiger charge is -2.32. The van der Waals surface area contributed by atoms with Gasteiger partial charge >= 0.3 is 6.09 Å². The molecule has 26 heavy (non-hydrogen) atoms. The van der Waals surface area contributed by atoms with Gasteiger partial charge in [-0.15, -0.1) is 0 Å². The van der Waals surface area contributed by atoms with Crippen LogP contribution in [0.5, 0.6) is 0 Å². The molecule has 6 heteroatoms. The predicted octanol–water partition coefficient (Wildman–Crippen LogP) is 2.47. The van der Waals surface area contributed by atoms with E-state index in [0.717, 1.165) is 19.4 Å². The third-order valence-corrected chi connectivity index (χ3v) is 4.74. The minimum atomic E-state index is -0.259. The van der Waals surface area contributed by atoms with E-state index in [9.17, 15) is 9.59 Å². The van der Waals surface area contributed by atoms with Crippen LogP contribution in [0.25, 0.3) is 0 Å². The van der Waals surface area contributed by atoms with Gasteiger partial charge in [0.05, 0.1) is 13.2 Å². The number of rotatable bonds is 6. The minimum Gasteiger partial charge on any atom is -0.450 e. The molecule has 6 nitrogen and oxygen atoms in total. The topological polar surface area (TPSA) is 61.9 Å². The zero-order valence-electron chi connectivity index (χ0n) is 16.4. The molecule has 0 bridgehead atoms. The minimum absolute atomic E-state index is 0.0341. The monoisotopic (exact) mass is 361 g/mol. The van der Waals surface area contributed by atoms with Crippen LogP contribution in [0.1, 0.15) is 36.5 Å². The van der Waals surface area contributed by atoms with Crippen molar-refractivity contribution in [3.05, 3.63) is 34.9 Å². The molecule has 0 aliphatic carbocycles. The number of ether oxygens (including phenoxy) is 1. The van der Waals surface area contributed by atoms with E-state index < -0.39 is 0 Å². The highest BCUT2D eigenvalue weighted by atomic mass is 16.6. The first-order valence-corrected chi connectivity index (χ1v) is 9.34. The molecule has 1 aliphatic rings. The number of hydrogen-bond donors (Lipinski definition) is 1. The molecule has 1 aromatic carbocycles. The van der Waals surface area contributed by atoms with Gasteiger partial charge in [0.2, 0.25) is 5.91 Å². The summed E-state index contributed by atoms with van der Waals surface area (Å²) in [5, 5.41) is 3.09. The average Bonchev–Trinajstić information content (AvgIpc) is 2.58. The first-order chi connectivity index (χ1) is 12.4. The molecule has 1 aliphatic heterocycles. The van der Waals surface area contributed by atoms with Crippen LogP contribution in [0.15, 0.2) is 18.2 Å². The van der Waals surface area contributed by atoms with Crippen LogP contribution >= 0.6 is 0 Å². The molecule has 1 saturated heterocycles. The standard InChI is InChI=1S/C20H31N3O3/c1-5-26-20(25)23-10-8-18(9-11-23)21-19(24)14-22(4)13-17-7-6-15(2)12-16(17)3/h6-7,12,18H,5,8-11,13-14H2,1-4H3,(H,21,24). The number of carbonyl (C=O) groups is 2. The van der Waals surface area contributed by atoms with Crippen LogP contribution in [-0.2, 0) is 16.1 Å². The molecule has 1 aromatic rings. The predicted molar refractivity (Wildman–Crippen MR) is 102 cm³/mol. The van der Waals surface area contributed by atoms with Gasteiger partial charge in [0.1, 0.15) is 0 Å². The van der Waals surface area contributed by atoms with E-state index in [1.54, 1.807) is 11.8 Å². The molecule has 1 fully saturated rings. The highest BCUT2D eigenvalue weighted by Crippen LogP contribution is 2.13. The van der Waals surface area contributed by atoms with E-state index >= 15 is 0 Å². The quantitative estimate of drug-likeness (QED) is 0.846. The van der Waals surface area contributed by atoms with Crippen molar-refractivity contribution < 1.29 is 14.3 Å². The number of likely N-dealkylation sites (N-methyl/N-ethyl adjacent to an activating group) is 1. The number of amides is 2. The summed E-state index contributed by atoms with van der Waals surface area (Å²) in [7, 11) is 1.96. The number of piperidine rings is 1. The Hall–Kier alpha value is -2.08. The lowest BCUT2D eigenvalue weighted by Crippen LogP contribution is -2.48. The Bertz CT molecular complexity index is 625. The summed E-state index contributed by atoms with van der Waals surface area (Å²) in [5.41, 5.74) is 3.75. The molecule has 0 unspecified atom stereocenters. The smallest absolute Gasteiger partial charge is 0.409 e. The zero-order valence-corrected chi connectivity index (χ0v) is 16.4. The molecule has 0 aromatic heterocycles. The number of aryl methyl sites for hydroxylation is 2. The maximum absolute atomic E-state index is 12.3. The van der Waals surface area contributed by atoms with Crippen molar-refractivity contribution >= 4 is 12.0 Å². The number of nitrogens with one attached hydrogen (secondary N) is 1. The van der Waals surface area contributed by atoms with Gasteiger partial charge in [-0.1, -0.05) is 23.8 Å². The summed E-state index contributed by atoms with van der Waals surface area (Å²) in [4.78, 5) is 27.8. The van der Waals surface area contributed by atoms with Crippen molar-refractivity contribution in [2.45, 2.75) is 46.2 Å². The second kappa shape index (κ2) is 9.57. The number of benzene rings is 1. The third-order valence-electron chi connectivity index (χ3n) is 4.74. The van der Waals surface area contributed by atoms with Crippen molar-refractivity contribution in [2.24, 2.45) is 0 Å². The van der Waals surface area contributed by atoms with Crippen LogP contribution in [0.3, 0.4) is 0 Å². The number of likely N-dealkylation sites (tertiary alicyclic amines) is 1. The first kappa shape index (κ1) is 20.2. The first-order valence-electron chi connectivity index (χ1n) is 9.34. The normalized spacial score (nSPS) is 15.2. The highest BCUT2D eigenvalue weighted by Gasteiger charge is 2.24. The molecular weight excluding hydrogens is 330 g/mol. The largest absolute Gasteiger partial charge is 0.450 e.